The van der Waals surface area contributed by atoms with Gasteiger partial charge in [-0.25, -0.2) is 0 Å². The van der Waals surface area contributed by atoms with Gasteiger partial charge in [-0.1, -0.05) is 50.2 Å². The second-order valence-electron chi connectivity index (χ2n) is 12.3. The zero-order valence-corrected chi connectivity index (χ0v) is 22.8. The van der Waals surface area contributed by atoms with Crippen LogP contribution in [-0.4, -0.2) is 77.9 Å². The Labute approximate surface area is 229 Å². The molecule has 5 aliphatic rings. The average molecular weight is 532 g/mol. The van der Waals surface area contributed by atoms with Gasteiger partial charge < -0.3 is 20.3 Å². The fourth-order valence-corrected chi connectivity index (χ4v) is 7.33. The molecule has 9 nitrogen and oxygen atoms in total. The van der Waals surface area contributed by atoms with Gasteiger partial charge in [0.05, 0.1) is 18.6 Å². The quantitative estimate of drug-likeness (QED) is 0.585. The van der Waals surface area contributed by atoms with Gasteiger partial charge in [0.15, 0.2) is 0 Å². The molecule has 1 aromatic heterocycles. The molecule has 1 aromatic carbocycles. The molecule has 5 atom stereocenters. The number of carbonyl (C=O) groups is 3. The minimum atomic E-state index is -0.900. The van der Waals surface area contributed by atoms with Gasteiger partial charge in [-0.2, -0.15) is 0 Å². The van der Waals surface area contributed by atoms with E-state index in [1.807, 2.05) is 53.6 Å². The number of carbonyl (C=O) groups excluding carboxylic acids is 3. The summed E-state index contributed by atoms with van der Waals surface area (Å²) >= 11 is 0. The van der Waals surface area contributed by atoms with Crippen molar-refractivity contribution in [3.8, 4) is 0 Å². The summed E-state index contributed by atoms with van der Waals surface area (Å²) < 4.78 is 6.46. The normalized spacial score (nSPS) is 30.7. The number of aromatic nitrogens is 1. The molecule has 5 heterocycles. The number of amides is 3. The van der Waals surface area contributed by atoms with Gasteiger partial charge in [-0.05, 0) is 22.6 Å². The second kappa shape index (κ2) is 9.71. The Hall–Kier alpha value is -3.30. The van der Waals surface area contributed by atoms with E-state index in [0.29, 0.717) is 32.8 Å². The Balaban J connectivity index is 1.31. The number of ether oxygens (including phenoxy) is 1. The van der Waals surface area contributed by atoms with E-state index in [0.717, 1.165) is 17.7 Å². The number of likely N-dealkylation sites (tertiary alicyclic amines) is 1. The molecule has 5 fully saturated rings. The zero-order chi connectivity index (χ0) is 27.4. The second-order valence-corrected chi connectivity index (χ2v) is 12.3. The molecule has 9 heteroatoms. The Kier molecular flexibility index (Phi) is 6.46. The molecule has 206 valence electrons. The Morgan fingerprint density at radius 1 is 1.10 bits per heavy atom. The standard InChI is InChI=1S/C30H37N5O4/c1-29(2)22-23(29)28(38)35-17-30(18-35)16-34(13-20-10-7-11-32-12-20)14-21(30)26(36)33-24(27(37)31-3)25(22)39-15-19-8-5-4-6-9-19/h4-12,21-25H,13-18H2,1-3H3,(H,31,37)(H,33,36)/t21-,22?,23+,24-,25+/m0/s1. The predicted octanol–water partition coefficient (Wildman–Crippen LogP) is 1.44. The first kappa shape index (κ1) is 26.0. The van der Waals surface area contributed by atoms with Crippen LogP contribution >= 0.6 is 0 Å². The van der Waals surface area contributed by atoms with E-state index in [-0.39, 0.29) is 46.3 Å². The van der Waals surface area contributed by atoms with Crippen LogP contribution in [0.2, 0.25) is 0 Å². The third kappa shape index (κ3) is 4.51. The monoisotopic (exact) mass is 531 g/mol. The number of likely N-dealkylation sites (N-methyl/N-ethyl adjacent to an activating group) is 1. The lowest BCUT2D eigenvalue weighted by molar-refractivity contribution is -0.151. The molecule has 0 radical (unpaired) electrons. The molecule has 3 amide bonds. The molecule has 1 aliphatic carbocycles. The highest BCUT2D eigenvalue weighted by Crippen LogP contribution is 2.63. The third-order valence-corrected chi connectivity index (χ3v) is 9.46. The van der Waals surface area contributed by atoms with E-state index < -0.39 is 12.1 Å². The maximum Gasteiger partial charge on any atom is 0.245 e. The number of hydrogen-bond acceptors (Lipinski definition) is 6. The highest BCUT2D eigenvalue weighted by molar-refractivity contribution is 5.91. The summed E-state index contributed by atoms with van der Waals surface area (Å²) in [6.45, 7) is 7.52. The van der Waals surface area contributed by atoms with Gasteiger partial charge in [0, 0.05) is 69.4 Å². The van der Waals surface area contributed by atoms with Crippen molar-refractivity contribution in [2.45, 2.75) is 39.1 Å². The van der Waals surface area contributed by atoms with Crippen molar-refractivity contribution in [3.63, 3.8) is 0 Å². The van der Waals surface area contributed by atoms with Crippen LogP contribution in [0.3, 0.4) is 0 Å². The van der Waals surface area contributed by atoms with Crippen LogP contribution in [0.1, 0.15) is 25.0 Å². The first-order valence-corrected chi connectivity index (χ1v) is 13.8. The summed E-state index contributed by atoms with van der Waals surface area (Å²) in [6.07, 6.45) is 2.96. The number of nitrogens with zero attached hydrogens (tertiary/aromatic N) is 3. The summed E-state index contributed by atoms with van der Waals surface area (Å²) in [5.74, 6) is -1.12. The lowest BCUT2D eigenvalue weighted by Gasteiger charge is -2.51. The summed E-state index contributed by atoms with van der Waals surface area (Å²) in [5.41, 5.74) is 1.39. The summed E-state index contributed by atoms with van der Waals surface area (Å²) in [6, 6.07) is 12.8. The molecule has 7 rings (SSSR count). The highest BCUT2D eigenvalue weighted by atomic mass is 16.5. The number of nitrogens with one attached hydrogen (secondary N) is 2. The Morgan fingerprint density at radius 2 is 1.85 bits per heavy atom. The number of pyridine rings is 1. The molecule has 2 N–H and O–H groups in total. The molecule has 2 aromatic rings. The first-order valence-electron chi connectivity index (χ1n) is 13.8. The first-order chi connectivity index (χ1) is 18.7. The molecule has 1 spiro atoms. The lowest BCUT2D eigenvalue weighted by atomic mass is 9.71. The fraction of sp³-hybridized carbons (Fsp3) is 0.533. The lowest BCUT2D eigenvalue weighted by Crippen LogP contribution is -2.65. The molecular formula is C30H37N5O4. The van der Waals surface area contributed by atoms with E-state index in [1.165, 1.54) is 0 Å². The van der Waals surface area contributed by atoms with Crippen molar-refractivity contribution in [1.82, 2.24) is 25.4 Å². The van der Waals surface area contributed by atoms with Crippen molar-refractivity contribution in [3.05, 3.63) is 66.0 Å². The van der Waals surface area contributed by atoms with Gasteiger partial charge in [-0.15, -0.1) is 0 Å². The van der Waals surface area contributed by atoms with Crippen molar-refractivity contribution >= 4 is 17.7 Å². The molecule has 1 saturated carbocycles. The highest BCUT2D eigenvalue weighted by Gasteiger charge is 2.70. The van der Waals surface area contributed by atoms with Crippen LogP contribution in [0.15, 0.2) is 54.9 Å². The van der Waals surface area contributed by atoms with Crippen LogP contribution in [0.4, 0.5) is 0 Å². The van der Waals surface area contributed by atoms with E-state index >= 15 is 0 Å². The van der Waals surface area contributed by atoms with E-state index in [9.17, 15) is 14.4 Å². The van der Waals surface area contributed by atoms with Gasteiger partial charge in [0.1, 0.15) is 6.04 Å². The van der Waals surface area contributed by atoms with Crippen molar-refractivity contribution in [1.29, 1.82) is 0 Å². The summed E-state index contributed by atoms with van der Waals surface area (Å²) in [7, 11) is 1.57. The van der Waals surface area contributed by atoms with Crippen LogP contribution in [0, 0.1) is 28.6 Å². The van der Waals surface area contributed by atoms with Gasteiger partial charge in [0.2, 0.25) is 17.7 Å². The minimum Gasteiger partial charge on any atom is -0.371 e. The van der Waals surface area contributed by atoms with Gasteiger partial charge in [0.25, 0.3) is 0 Å². The number of benzene rings is 1. The van der Waals surface area contributed by atoms with Crippen LogP contribution in [0.5, 0.6) is 0 Å². The van der Waals surface area contributed by atoms with Crippen LogP contribution < -0.4 is 10.6 Å². The molecule has 2 bridgehead atoms. The fourth-order valence-electron chi connectivity index (χ4n) is 7.33. The van der Waals surface area contributed by atoms with Crippen molar-refractivity contribution < 1.29 is 19.1 Å². The van der Waals surface area contributed by atoms with E-state index in [1.54, 1.807) is 13.2 Å². The average Bonchev–Trinajstić information content (AvgIpc) is 3.28. The maximum atomic E-state index is 14.0. The molecule has 4 aliphatic heterocycles. The largest absolute Gasteiger partial charge is 0.371 e. The molecule has 1 unspecified atom stereocenters. The number of fused-ring (bicyclic) bond motifs is 3. The topological polar surface area (TPSA) is 104 Å². The van der Waals surface area contributed by atoms with Crippen molar-refractivity contribution in [2.75, 3.05) is 33.2 Å². The third-order valence-electron chi connectivity index (χ3n) is 9.46. The zero-order valence-electron chi connectivity index (χ0n) is 22.8. The predicted molar refractivity (Wildman–Crippen MR) is 144 cm³/mol. The molecular weight excluding hydrogens is 494 g/mol. The van der Waals surface area contributed by atoms with Crippen molar-refractivity contribution in [2.24, 2.45) is 28.6 Å². The molecule has 4 saturated heterocycles. The van der Waals surface area contributed by atoms with Gasteiger partial charge in [-0.3, -0.25) is 24.3 Å². The SMILES string of the molecule is CNC(=O)[C@H]1NC(=O)[C@@H]2CN(Cc3cccnc3)CC23CN(C3)C(=O)[C@H]2C([C@H]1OCc1ccccc1)C2(C)C. The summed E-state index contributed by atoms with van der Waals surface area (Å²) in [5, 5.41) is 5.86. The Bertz CT molecular complexity index is 1250. The van der Waals surface area contributed by atoms with Crippen LogP contribution in [0.25, 0.3) is 0 Å². The van der Waals surface area contributed by atoms with E-state index in [4.69, 9.17) is 4.74 Å². The Morgan fingerprint density at radius 3 is 2.54 bits per heavy atom. The van der Waals surface area contributed by atoms with E-state index in [2.05, 4.69) is 34.4 Å². The smallest absolute Gasteiger partial charge is 0.245 e. The maximum absolute atomic E-state index is 14.0. The summed E-state index contributed by atoms with van der Waals surface area (Å²) in [4.78, 5) is 49.5. The molecule has 39 heavy (non-hydrogen) atoms. The van der Waals surface area contributed by atoms with Crippen LogP contribution in [-0.2, 0) is 32.3 Å². The minimum absolute atomic E-state index is 0.110. The van der Waals surface area contributed by atoms with Gasteiger partial charge >= 0.3 is 0 Å². The number of hydrogen-bond donors (Lipinski definition) is 2. The number of rotatable bonds is 6.